The fourth-order valence-corrected chi connectivity index (χ4v) is 4.94. The second-order valence-corrected chi connectivity index (χ2v) is 8.98. The molecule has 4 atom stereocenters. The number of benzene rings is 1. The third-order valence-electron chi connectivity index (χ3n) is 4.60. The zero-order valence-corrected chi connectivity index (χ0v) is 14.1. The minimum Gasteiger partial charge on any atom is -0.386 e. The van der Waals surface area contributed by atoms with E-state index < -0.39 is 13.7 Å². The lowest BCUT2D eigenvalue weighted by molar-refractivity contribution is 0.0471. The van der Waals surface area contributed by atoms with Crippen molar-refractivity contribution in [1.29, 1.82) is 0 Å². The molecule has 0 saturated heterocycles. The first kappa shape index (κ1) is 16.7. The molecule has 0 radical (unpaired) electrons. The van der Waals surface area contributed by atoms with E-state index in [1.54, 1.807) is 12.1 Å². The van der Waals surface area contributed by atoms with Crippen LogP contribution in [0.1, 0.15) is 40.0 Å². The lowest BCUT2D eigenvalue weighted by atomic mass is 9.75. The Morgan fingerprint density at radius 1 is 1.29 bits per heavy atom. The van der Waals surface area contributed by atoms with E-state index in [1.165, 1.54) is 6.42 Å². The van der Waals surface area contributed by atoms with Crippen molar-refractivity contribution < 1.29 is 14.2 Å². The Balaban J connectivity index is 2.21. The predicted octanol–water partition coefficient (Wildman–Crippen LogP) is 4.02. The van der Waals surface area contributed by atoms with Gasteiger partial charge in [-0.25, -0.2) is 0 Å². The van der Waals surface area contributed by atoms with Crippen molar-refractivity contribution in [3.05, 3.63) is 30.3 Å². The lowest BCUT2D eigenvalue weighted by Crippen LogP contribution is -2.34. The normalized spacial score (nSPS) is 29.3. The molecule has 1 saturated carbocycles. The molecule has 1 unspecified atom stereocenters. The van der Waals surface area contributed by atoms with E-state index in [1.807, 2.05) is 18.2 Å². The fourth-order valence-electron chi connectivity index (χ4n) is 3.29. The molecule has 4 heteroatoms. The van der Waals surface area contributed by atoms with E-state index in [0.717, 1.165) is 12.8 Å². The van der Waals surface area contributed by atoms with Crippen molar-refractivity contribution in [2.75, 3.05) is 6.35 Å². The number of hydrogen-bond donors (Lipinski definition) is 1. The Morgan fingerprint density at radius 2 is 1.95 bits per heavy atom. The summed E-state index contributed by atoms with van der Waals surface area (Å²) in [6.45, 7) is 6.62. The van der Waals surface area contributed by atoms with Crippen molar-refractivity contribution in [2.24, 2.45) is 17.8 Å². The zero-order valence-electron chi connectivity index (χ0n) is 13.2. The summed E-state index contributed by atoms with van der Waals surface area (Å²) in [6.07, 6.45) is 2.81. The maximum atomic E-state index is 13.1. The number of rotatable bonds is 5. The minimum absolute atomic E-state index is 0.0214. The van der Waals surface area contributed by atoms with E-state index in [0.29, 0.717) is 23.1 Å². The molecule has 1 aliphatic carbocycles. The average molecular weight is 310 g/mol. The van der Waals surface area contributed by atoms with Gasteiger partial charge in [-0.05, 0) is 42.7 Å². The van der Waals surface area contributed by atoms with Gasteiger partial charge in [0.15, 0.2) is 0 Å². The van der Waals surface area contributed by atoms with E-state index in [-0.39, 0.29) is 6.10 Å². The summed E-state index contributed by atoms with van der Waals surface area (Å²) in [5, 5.41) is 10.3. The van der Waals surface area contributed by atoms with Gasteiger partial charge in [0.1, 0.15) is 6.35 Å². The highest BCUT2D eigenvalue weighted by molar-refractivity contribution is 7.66. The van der Waals surface area contributed by atoms with Gasteiger partial charge in [0.05, 0.1) is 6.10 Å². The van der Waals surface area contributed by atoms with Crippen LogP contribution in [0.4, 0.5) is 0 Å². The van der Waals surface area contributed by atoms with Crippen LogP contribution in [0, 0.1) is 17.8 Å². The molecule has 0 bridgehead atoms. The zero-order chi connectivity index (χ0) is 15.5. The van der Waals surface area contributed by atoms with Gasteiger partial charge in [-0.1, -0.05) is 45.4 Å². The SMILES string of the molecule is CC(C)C1CC[C@@H](C)C[C@H]1O[P@](=O)(CO)c1ccccc1. The third-order valence-corrected chi connectivity index (χ3v) is 6.67. The Hall–Kier alpha value is -0.630. The van der Waals surface area contributed by atoms with Crippen LogP contribution in [-0.4, -0.2) is 17.6 Å². The van der Waals surface area contributed by atoms with Crippen molar-refractivity contribution in [3.8, 4) is 0 Å². The highest BCUT2D eigenvalue weighted by Crippen LogP contribution is 2.50. The molecule has 2 rings (SSSR count). The summed E-state index contributed by atoms with van der Waals surface area (Å²) < 4.78 is 19.1. The molecular weight excluding hydrogens is 283 g/mol. The number of aliphatic hydroxyl groups is 1. The molecular formula is C17H27O3P. The fraction of sp³-hybridized carbons (Fsp3) is 0.647. The second kappa shape index (κ2) is 7.09. The molecule has 1 N–H and O–H groups in total. The summed E-state index contributed by atoms with van der Waals surface area (Å²) >= 11 is 0. The average Bonchev–Trinajstić information content (AvgIpc) is 2.47. The summed E-state index contributed by atoms with van der Waals surface area (Å²) in [5.74, 6) is 1.52. The molecule has 1 aromatic carbocycles. The van der Waals surface area contributed by atoms with Crippen LogP contribution in [0.15, 0.2) is 30.3 Å². The van der Waals surface area contributed by atoms with Crippen LogP contribution in [0.2, 0.25) is 0 Å². The van der Waals surface area contributed by atoms with Crippen LogP contribution < -0.4 is 5.30 Å². The second-order valence-electron chi connectivity index (χ2n) is 6.62. The van der Waals surface area contributed by atoms with Gasteiger partial charge in [0.25, 0.3) is 7.37 Å². The maximum Gasteiger partial charge on any atom is 0.256 e. The molecule has 3 nitrogen and oxygen atoms in total. The number of aliphatic hydroxyl groups excluding tert-OH is 1. The van der Waals surface area contributed by atoms with Gasteiger partial charge in [-0.2, -0.15) is 0 Å². The van der Waals surface area contributed by atoms with Gasteiger partial charge in [0.2, 0.25) is 0 Å². The van der Waals surface area contributed by atoms with Crippen LogP contribution >= 0.6 is 7.37 Å². The molecule has 0 amide bonds. The first-order valence-electron chi connectivity index (χ1n) is 7.90. The Kier molecular flexibility index (Phi) is 5.65. The van der Waals surface area contributed by atoms with E-state index in [9.17, 15) is 9.67 Å². The maximum absolute atomic E-state index is 13.1. The predicted molar refractivity (Wildman–Crippen MR) is 87.0 cm³/mol. The number of hydrogen-bond acceptors (Lipinski definition) is 3. The summed E-state index contributed by atoms with van der Waals surface area (Å²) in [6, 6.07) is 9.13. The minimum atomic E-state index is -3.17. The van der Waals surface area contributed by atoms with Crippen LogP contribution in [0.3, 0.4) is 0 Å². The van der Waals surface area contributed by atoms with E-state index >= 15 is 0 Å². The Morgan fingerprint density at radius 3 is 2.52 bits per heavy atom. The highest BCUT2D eigenvalue weighted by Gasteiger charge is 2.37. The monoisotopic (exact) mass is 310 g/mol. The first-order chi connectivity index (χ1) is 9.96. The van der Waals surface area contributed by atoms with Crippen molar-refractivity contribution in [2.45, 2.75) is 46.1 Å². The van der Waals surface area contributed by atoms with Gasteiger partial charge in [0, 0.05) is 5.30 Å². The van der Waals surface area contributed by atoms with Crippen LogP contribution in [0.5, 0.6) is 0 Å². The molecule has 0 heterocycles. The Bertz CT molecular complexity index is 486. The molecule has 1 aliphatic rings. The summed E-state index contributed by atoms with van der Waals surface area (Å²) in [5.41, 5.74) is 0. The molecule has 118 valence electrons. The third kappa shape index (κ3) is 3.97. The standard InChI is InChI=1S/C17H27O3P/c1-13(2)16-10-9-14(3)11-17(16)20-21(19,12-18)15-7-5-4-6-8-15/h4-8,13-14,16-18H,9-12H2,1-3H3/t14-,16?,17-,21-/m1/s1. The van der Waals surface area contributed by atoms with Crippen molar-refractivity contribution >= 4 is 12.7 Å². The smallest absolute Gasteiger partial charge is 0.256 e. The molecule has 21 heavy (non-hydrogen) atoms. The lowest BCUT2D eigenvalue weighted by Gasteiger charge is -2.38. The van der Waals surface area contributed by atoms with Gasteiger partial charge in [-0.3, -0.25) is 4.57 Å². The molecule has 1 fully saturated rings. The van der Waals surface area contributed by atoms with Crippen LogP contribution in [0.25, 0.3) is 0 Å². The topological polar surface area (TPSA) is 46.5 Å². The summed E-state index contributed by atoms with van der Waals surface area (Å²) in [4.78, 5) is 0. The van der Waals surface area contributed by atoms with E-state index in [4.69, 9.17) is 4.52 Å². The molecule has 0 spiro atoms. The van der Waals surface area contributed by atoms with Crippen molar-refractivity contribution in [3.63, 3.8) is 0 Å². The highest BCUT2D eigenvalue weighted by atomic mass is 31.2. The van der Waals surface area contributed by atoms with Crippen LogP contribution in [-0.2, 0) is 9.09 Å². The van der Waals surface area contributed by atoms with Gasteiger partial charge in [-0.15, -0.1) is 0 Å². The van der Waals surface area contributed by atoms with Crippen molar-refractivity contribution in [1.82, 2.24) is 0 Å². The summed E-state index contributed by atoms with van der Waals surface area (Å²) in [7, 11) is -3.17. The molecule has 0 aliphatic heterocycles. The molecule has 1 aromatic rings. The molecule has 0 aromatic heterocycles. The largest absolute Gasteiger partial charge is 0.386 e. The van der Waals surface area contributed by atoms with E-state index in [2.05, 4.69) is 20.8 Å². The van der Waals surface area contributed by atoms with Gasteiger partial charge < -0.3 is 9.63 Å². The quantitative estimate of drug-likeness (QED) is 0.836. The van der Waals surface area contributed by atoms with Gasteiger partial charge >= 0.3 is 0 Å². The first-order valence-corrected chi connectivity index (χ1v) is 9.71. The Labute approximate surface area is 128 Å².